The molecule has 2 fully saturated rings. The van der Waals surface area contributed by atoms with Gasteiger partial charge in [-0.15, -0.1) is 0 Å². The van der Waals surface area contributed by atoms with Crippen LogP contribution in [0.2, 0.25) is 0 Å². The first-order chi connectivity index (χ1) is 11.3. The van der Waals surface area contributed by atoms with Crippen LogP contribution in [0.3, 0.4) is 0 Å². The van der Waals surface area contributed by atoms with Crippen molar-refractivity contribution in [3.05, 3.63) is 24.3 Å². The molecule has 0 bridgehead atoms. The normalized spacial score (nSPS) is 32.3. The molecule has 0 aromatic rings. The zero-order valence-corrected chi connectivity index (χ0v) is 15.1. The molecule has 0 spiro atoms. The quantitative estimate of drug-likeness (QED) is 0.374. The van der Waals surface area contributed by atoms with Crippen LogP contribution in [0, 0.1) is 35.0 Å². The largest absolute Gasteiger partial charge is 0.193 e. The van der Waals surface area contributed by atoms with Gasteiger partial charge in [-0.1, -0.05) is 76.5 Å². The maximum atomic E-state index is 8.47. The molecule has 1 nitrogen and oxygen atoms in total. The van der Waals surface area contributed by atoms with E-state index >= 15 is 0 Å². The first-order valence-electron chi connectivity index (χ1n) is 10.0. The average molecular weight is 314 g/mol. The van der Waals surface area contributed by atoms with Crippen LogP contribution in [0.5, 0.6) is 0 Å². The number of nitriles is 1. The molecule has 0 unspecified atom stereocenters. The Hall–Kier alpha value is -1.03. The van der Waals surface area contributed by atoms with E-state index in [1.165, 1.54) is 77.0 Å². The number of rotatable bonds is 7. The minimum atomic E-state index is 0.749. The molecular formula is C22H35N. The van der Waals surface area contributed by atoms with Crippen molar-refractivity contribution in [3.8, 4) is 6.07 Å². The highest BCUT2D eigenvalue weighted by molar-refractivity contribution is 5.12. The monoisotopic (exact) mass is 313 g/mol. The topological polar surface area (TPSA) is 23.8 Å². The van der Waals surface area contributed by atoms with Crippen LogP contribution < -0.4 is 0 Å². The first-order valence-corrected chi connectivity index (χ1v) is 10.0. The van der Waals surface area contributed by atoms with Crippen LogP contribution >= 0.6 is 0 Å². The van der Waals surface area contributed by atoms with Crippen molar-refractivity contribution in [1.82, 2.24) is 0 Å². The second kappa shape index (κ2) is 10.7. The minimum Gasteiger partial charge on any atom is -0.193 e. The van der Waals surface area contributed by atoms with E-state index in [0.717, 1.165) is 23.7 Å². The van der Waals surface area contributed by atoms with E-state index in [2.05, 4.69) is 19.1 Å². The molecule has 0 radical (unpaired) electrons. The number of nitrogens with zero attached hydrogens (tertiary/aromatic N) is 1. The highest BCUT2D eigenvalue weighted by Crippen LogP contribution is 2.37. The Morgan fingerprint density at radius 2 is 1.30 bits per heavy atom. The van der Waals surface area contributed by atoms with E-state index in [4.69, 9.17) is 5.26 Å². The highest BCUT2D eigenvalue weighted by Gasteiger charge is 2.23. The van der Waals surface area contributed by atoms with Crippen LogP contribution in [0.25, 0.3) is 0 Å². The van der Waals surface area contributed by atoms with E-state index in [9.17, 15) is 0 Å². The van der Waals surface area contributed by atoms with Crippen molar-refractivity contribution < 1.29 is 0 Å². The highest BCUT2D eigenvalue weighted by atomic mass is 14.3. The van der Waals surface area contributed by atoms with Crippen molar-refractivity contribution >= 4 is 0 Å². The molecule has 0 heterocycles. The summed E-state index contributed by atoms with van der Waals surface area (Å²) >= 11 is 0. The lowest BCUT2D eigenvalue weighted by molar-refractivity contribution is 0.221. The summed E-state index contributed by atoms with van der Waals surface area (Å²) in [6.07, 6.45) is 25.2. The fourth-order valence-corrected chi connectivity index (χ4v) is 4.68. The summed E-state index contributed by atoms with van der Waals surface area (Å²) in [5, 5.41) is 8.47. The summed E-state index contributed by atoms with van der Waals surface area (Å²) in [4.78, 5) is 0. The molecule has 0 aromatic heterocycles. The van der Waals surface area contributed by atoms with E-state index < -0.39 is 0 Å². The average Bonchev–Trinajstić information content (AvgIpc) is 2.59. The molecule has 0 amide bonds. The molecule has 23 heavy (non-hydrogen) atoms. The lowest BCUT2D eigenvalue weighted by Gasteiger charge is -2.31. The van der Waals surface area contributed by atoms with Crippen molar-refractivity contribution in [3.63, 3.8) is 0 Å². The van der Waals surface area contributed by atoms with Crippen LogP contribution in [-0.4, -0.2) is 0 Å². The van der Waals surface area contributed by atoms with Gasteiger partial charge in [0.1, 0.15) is 0 Å². The molecule has 0 aromatic carbocycles. The third-order valence-electron chi connectivity index (χ3n) is 6.20. The Morgan fingerprint density at radius 3 is 1.83 bits per heavy atom. The maximum Gasteiger partial charge on any atom is 0.0912 e. The predicted molar refractivity (Wildman–Crippen MR) is 98.9 cm³/mol. The van der Waals surface area contributed by atoms with Crippen molar-refractivity contribution in [2.24, 2.45) is 23.7 Å². The predicted octanol–water partition coefficient (Wildman–Crippen LogP) is 6.82. The zero-order valence-electron chi connectivity index (χ0n) is 15.1. The van der Waals surface area contributed by atoms with Gasteiger partial charge in [0.15, 0.2) is 0 Å². The van der Waals surface area contributed by atoms with Gasteiger partial charge in [0, 0.05) is 6.08 Å². The molecule has 128 valence electrons. The maximum absolute atomic E-state index is 8.47. The Labute approximate surface area is 143 Å². The molecule has 2 aliphatic carbocycles. The molecule has 2 rings (SSSR count). The number of hydrogen-bond donors (Lipinski definition) is 0. The van der Waals surface area contributed by atoms with Gasteiger partial charge < -0.3 is 0 Å². The lowest BCUT2D eigenvalue weighted by atomic mass is 9.75. The lowest BCUT2D eigenvalue weighted by Crippen LogP contribution is -2.17. The summed E-state index contributed by atoms with van der Waals surface area (Å²) in [6.45, 7) is 2.33. The van der Waals surface area contributed by atoms with Gasteiger partial charge in [-0.2, -0.15) is 5.26 Å². The first kappa shape index (κ1) is 18.3. The fourth-order valence-electron chi connectivity index (χ4n) is 4.68. The Bertz CT molecular complexity index is 398. The van der Waals surface area contributed by atoms with Gasteiger partial charge in [-0.3, -0.25) is 0 Å². The molecule has 2 saturated carbocycles. The van der Waals surface area contributed by atoms with Gasteiger partial charge >= 0.3 is 0 Å². The molecule has 0 atom stereocenters. The van der Waals surface area contributed by atoms with Crippen molar-refractivity contribution in [2.45, 2.75) is 84.0 Å². The summed E-state index contributed by atoms with van der Waals surface area (Å²) in [5.74, 6) is 3.83. The Balaban J connectivity index is 1.57. The van der Waals surface area contributed by atoms with E-state index in [-0.39, 0.29) is 0 Å². The van der Waals surface area contributed by atoms with E-state index in [1.54, 1.807) is 6.08 Å². The van der Waals surface area contributed by atoms with Crippen LogP contribution in [0.1, 0.15) is 84.0 Å². The summed E-state index contributed by atoms with van der Waals surface area (Å²) in [7, 11) is 0. The molecule has 2 aliphatic rings. The van der Waals surface area contributed by atoms with Gasteiger partial charge in [0.25, 0.3) is 0 Å². The van der Waals surface area contributed by atoms with Gasteiger partial charge in [0.2, 0.25) is 0 Å². The van der Waals surface area contributed by atoms with Gasteiger partial charge in [-0.05, 0) is 49.4 Å². The third-order valence-corrected chi connectivity index (χ3v) is 6.20. The second-order valence-corrected chi connectivity index (χ2v) is 7.91. The standard InChI is InChI=1S/C22H35N/c1-2-6-19-8-12-21(13-9-19)16-17-22-14-10-20(11-15-22)7-4-3-5-18-23/h3-5,7,19-22H,2,6,8-17H2,1H3/b5-3+,7-4+. The van der Waals surface area contributed by atoms with Crippen molar-refractivity contribution in [2.75, 3.05) is 0 Å². The number of allylic oxidation sites excluding steroid dienone is 4. The summed E-state index contributed by atoms with van der Waals surface area (Å²) in [5.41, 5.74) is 0. The zero-order chi connectivity index (χ0) is 16.3. The molecular weight excluding hydrogens is 278 g/mol. The molecule has 0 N–H and O–H groups in total. The van der Waals surface area contributed by atoms with Crippen molar-refractivity contribution in [1.29, 1.82) is 5.26 Å². The van der Waals surface area contributed by atoms with Crippen LogP contribution in [-0.2, 0) is 0 Å². The van der Waals surface area contributed by atoms with Crippen LogP contribution in [0.15, 0.2) is 24.3 Å². The summed E-state index contributed by atoms with van der Waals surface area (Å²) in [6, 6.07) is 2.04. The SMILES string of the molecule is CCCC1CCC(CCC2CCC(/C=C/C=C/C#N)CC2)CC1. The third kappa shape index (κ3) is 6.94. The number of hydrogen-bond acceptors (Lipinski definition) is 1. The fraction of sp³-hybridized carbons (Fsp3) is 0.773. The van der Waals surface area contributed by atoms with Gasteiger partial charge in [-0.25, -0.2) is 0 Å². The van der Waals surface area contributed by atoms with Gasteiger partial charge in [0.05, 0.1) is 6.07 Å². The smallest absolute Gasteiger partial charge is 0.0912 e. The molecule has 0 aliphatic heterocycles. The Kier molecular flexibility index (Phi) is 8.51. The Morgan fingerprint density at radius 1 is 0.783 bits per heavy atom. The van der Waals surface area contributed by atoms with Crippen LogP contribution in [0.4, 0.5) is 0 Å². The van der Waals surface area contributed by atoms with E-state index in [1.807, 2.05) is 12.1 Å². The van der Waals surface area contributed by atoms with E-state index in [0.29, 0.717) is 0 Å². The minimum absolute atomic E-state index is 0.749. The second-order valence-electron chi connectivity index (χ2n) is 7.91. The molecule has 1 heteroatoms. The molecule has 0 saturated heterocycles. The summed E-state index contributed by atoms with van der Waals surface area (Å²) < 4.78 is 0.